The summed E-state index contributed by atoms with van der Waals surface area (Å²) < 4.78 is 5.33. The predicted molar refractivity (Wildman–Crippen MR) is 87.3 cm³/mol. The Kier molecular flexibility index (Phi) is 4.66. The van der Waals surface area contributed by atoms with Gasteiger partial charge in [0.05, 0.1) is 7.11 Å². The molecule has 0 saturated carbocycles. The summed E-state index contributed by atoms with van der Waals surface area (Å²) in [5.74, 6) is 0.952. The lowest BCUT2D eigenvalue weighted by atomic mass is 10.0. The van der Waals surface area contributed by atoms with Crippen LogP contribution >= 0.6 is 0 Å². The molecule has 0 radical (unpaired) electrons. The molecular weight excluding hydrogens is 262 g/mol. The fourth-order valence-corrected chi connectivity index (χ4v) is 3.48. The van der Waals surface area contributed by atoms with Crippen LogP contribution in [-0.4, -0.2) is 69.3 Å². The summed E-state index contributed by atoms with van der Waals surface area (Å²) in [5.41, 5.74) is 1.30. The Morgan fingerprint density at radius 1 is 1.00 bits per heavy atom. The monoisotopic (exact) mass is 289 g/mol. The Morgan fingerprint density at radius 3 is 2.38 bits per heavy atom. The zero-order chi connectivity index (χ0) is 14.7. The molecule has 4 heteroatoms. The lowest BCUT2D eigenvalue weighted by molar-refractivity contribution is 0.0982. The molecule has 2 fully saturated rings. The lowest BCUT2D eigenvalue weighted by Crippen LogP contribution is -2.52. The predicted octanol–water partition coefficient (Wildman–Crippen LogP) is 1.91. The molecule has 0 aromatic heterocycles. The van der Waals surface area contributed by atoms with Gasteiger partial charge in [-0.2, -0.15) is 0 Å². The summed E-state index contributed by atoms with van der Waals surface area (Å²) in [4.78, 5) is 7.62. The van der Waals surface area contributed by atoms with Crippen molar-refractivity contribution in [3.8, 4) is 5.75 Å². The highest BCUT2D eigenvalue weighted by atomic mass is 16.5. The van der Waals surface area contributed by atoms with Crippen molar-refractivity contribution >= 4 is 5.69 Å². The first kappa shape index (κ1) is 14.7. The van der Waals surface area contributed by atoms with E-state index in [-0.39, 0.29) is 0 Å². The van der Waals surface area contributed by atoms with Gasteiger partial charge >= 0.3 is 0 Å². The third-order valence-corrected chi connectivity index (χ3v) is 4.94. The van der Waals surface area contributed by atoms with Gasteiger partial charge in [0.25, 0.3) is 0 Å². The van der Waals surface area contributed by atoms with Crippen LogP contribution in [0.1, 0.15) is 12.8 Å². The first-order chi connectivity index (χ1) is 10.3. The number of anilines is 1. The van der Waals surface area contributed by atoms with Crippen LogP contribution in [0.4, 0.5) is 5.69 Å². The van der Waals surface area contributed by atoms with Crippen molar-refractivity contribution in [3.63, 3.8) is 0 Å². The molecule has 0 spiro atoms. The van der Waals surface area contributed by atoms with E-state index < -0.39 is 0 Å². The average molecular weight is 289 g/mol. The second-order valence-corrected chi connectivity index (χ2v) is 6.26. The maximum atomic E-state index is 5.33. The number of hydrogen-bond acceptors (Lipinski definition) is 4. The standard InChI is InChI=1S/C17H27N3O/c1-18-10-12-20(13-11-18)15-6-8-19(9-7-15)16-4-3-5-17(14-16)21-2/h3-5,14-15H,6-13H2,1-2H3. The highest BCUT2D eigenvalue weighted by Gasteiger charge is 2.26. The van der Waals surface area contributed by atoms with E-state index in [1.807, 2.05) is 6.07 Å². The minimum absolute atomic E-state index is 0.778. The zero-order valence-electron chi connectivity index (χ0n) is 13.3. The van der Waals surface area contributed by atoms with Gasteiger partial charge in [0, 0.05) is 57.1 Å². The van der Waals surface area contributed by atoms with Crippen molar-refractivity contribution in [1.29, 1.82) is 0 Å². The average Bonchev–Trinajstić information content (AvgIpc) is 2.56. The third kappa shape index (κ3) is 3.50. The number of piperazine rings is 1. The SMILES string of the molecule is COc1cccc(N2CCC(N3CCN(C)CC3)CC2)c1. The molecule has 2 heterocycles. The lowest BCUT2D eigenvalue weighted by Gasteiger charge is -2.42. The van der Waals surface area contributed by atoms with E-state index in [4.69, 9.17) is 4.74 Å². The molecule has 0 N–H and O–H groups in total. The molecule has 0 atom stereocenters. The summed E-state index contributed by atoms with van der Waals surface area (Å²) in [6.07, 6.45) is 2.56. The van der Waals surface area contributed by atoms with Gasteiger partial charge in [0.15, 0.2) is 0 Å². The summed E-state index contributed by atoms with van der Waals surface area (Å²) in [5, 5.41) is 0. The highest BCUT2D eigenvalue weighted by molar-refractivity contribution is 5.51. The van der Waals surface area contributed by atoms with E-state index in [2.05, 4.69) is 39.9 Å². The molecule has 0 unspecified atom stereocenters. The van der Waals surface area contributed by atoms with Gasteiger partial charge in [-0.1, -0.05) is 6.07 Å². The van der Waals surface area contributed by atoms with Gasteiger partial charge in [-0.25, -0.2) is 0 Å². The smallest absolute Gasteiger partial charge is 0.120 e. The highest BCUT2D eigenvalue weighted by Crippen LogP contribution is 2.26. The molecule has 4 nitrogen and oxygen atoms in total. The molecule has 2 saturated heterocycles. The van der Waals surface area contributed by atoms with E-state index in [0.29, 0.717) is 0 Å². The van der Waals surface area contributed by atoms with Crippen LogP contribution in [0.2, 0.25) is 0 Å². The van der Waals surface area contributed by atoms with E-state index in [1.54, 1.807) is 7.11 Å². The molecule has 1 aromatic carbocycles. The minimum Gasteiger partial charge on any atom is -0.497 e. The van der Waals surface area contributed by atoms with Gasteiger partial charge in [-0.05, 0) is 32.0 Å². The van der Waals surface area contributed by atoms with Gasteiger partial charge in [-0.3, -0.25) is 4.90 Å². The van der Waals surface area contributed by atoms with Crippen molar-refractivity contribution in [1.82, 2.24) is 9.80 Å². The Labute approximate surface area is 128 Å². The number of nitrogens with zero attached hydrogens (tertiary/aromatic N) is 3. The fourth-order valence-electron chi connectivity index (χ4n) is 3.48. The minimum atomic E-state index is 0.778. The van der Waals surface area contributed by atoms with Crippen molar-refractivity contribution in [2.45, 2.75) is 18.9 Å². The van der Waals surface area contributed by atoms with E-state index >= 15 is 0 Å². The van der Waals surface area contributed by atoms with Crippen LogP contribution < -0.4 is 9.64 Å². The molecule has 116 valence electrons. The molecule has 2 aliphatic heterocycles. The molecular formula is C17H27N3O. The van der Waals surface area contributed by atoms with Crippen LogP contribution in [0.15, 0.2) is 24.3 Å². The van der Waals surface area contributed by atoms with Gasteiger partial charge in [-0.15, -0.1) is 0 Å². The molecule has 0 amide bonds. The second kappa shape index (κ2) is 6.67. The number of benzene rings is 1. The van der Waals surface area contributed by atoms with Crippen molar-refractivity contribution in [2.24, 2.45) is 0 Å². The summed E-state index contributed by atoms with van der Waals surface area (Å²) in [6.45, 7) is 7.22. The van der Waals surface area contributed by atoms with Gasteiger partial charge in [0.2, 0.25) is 0 Å². The van der Waals surface area contributed by atoms with Crippen LogP contribution in [0.3, 0.4) is 0 Å². The van der Waals surface area contributed by atoms with Crippen molar-refractivity contribution < 1.29 is 4.74 Å². The summed E-state index contributed by atoms with van der Waals surface area (Å²) >= 11 is 0. The maximum absolute atomic E-state index is 5.33. The fraction of sp³-hybridized carbons (Fsp3) is 0.647. The quantitative estimate of drug-likeness (QED) is 0.846. The summed E-state index contributed by atoms with van der Waals surface area (Å²) in [6, 6.07) is 9.22. The molecule has 1 aromatic rings. The molecule has 0 bridgehead atoms. The van der Waals surface area contributed by atoms with E-state index in [9.17, 15) is 0 Å². The van der Waals surface area contributed by atoms with E-state index in [1.165, 1.54) is 44.7 Å². The van der Waals surface area contributed by atoms with Crippen LogP contribution in [-0.2, 0) is 0 Å². The van der Waals surface area contributed by atoms with Crippen LogP contribution in [0.5, 0.6) is 5.75 Å². The van der Waals surface area contributed by atoms with Crippen LogP contribution in [0, 0.1) is 0 Å². The normalized spacial score (nSPS) is 22.5. The number of piperidine rings is 1. The Bertz CT molecular complexity index is 449. The second-order valence-electron chi connectivity index (χ2n) is 6.26. The van der Waals surface area contributed by atoms with Crippen LogP contribution in [0.25, 0.3) is 0 Å². The number of rotatable bonds is 3. The first-order valence-electron chi connectivity index (χ1n) is 8.08. The Morgan fingerprint density at radius 2 is 1.71 bits per heavy atom. The largest absolute Gasteiger partial charge is 0.497 e. The number of likely N-dealkylation sites (N-methyl/N-ethyl adjacent to an activating group) is 1. The number of ether oxygens (including phenoxy) is 1. The molecule has 0 aliphatic carbocycles. The molecule has 2 aliphatic rings. The molecule has 21 heavy (non-hydrogen) atoms. The van der Waals surface area contributed by atoms with Gasteiger partial charge in [0.1, 0.15) is 5.75 Å². The van der Waals surface area contributed by atoms with Gasteiger partial charge < -0.3 is 14.5 Å². The first-order valence-corrected chi connectivity index (χ1v) is 8.08. The molecule has 3 rings (SSSR count). The zero-order valence-corrected chi connectivity index (χ0v) is 13.3. The summed E-state index contributed by atoms with van der Waals surface area (Å²) in [7, 11) is 3.96. The Balaban J connectivity index is 1.55. The number of methoxy groups -OCH3 is 1. The van der Waals surface area contributed by atoms with E-state index in [0.717, 1.165) is 24.9 Å². The third-order valence-electron chi connectivity index (χ3n) is 4.94. The topological polar surface area (TPSA) is 19.0 Å². The maximum Gasteiger partial charge on any atom is 0.120 e. The Hall–Kier alpha value is -1.26. The van der Waals surface area contributed by atoms with Crippen molar-refractivity contribution in [2.75, 3.05) is 58.3 Å². The number of hydrogen-bond donors (Lipinski definition) is 0. The van der Waals surface area contributed by atoms with Crippen molar-refractivity contribution in [3.05, 3.63) is 24.3 Å².